The number of sulfonamides is 1. The van der Waals surface area contributed by atoms with Crippen molar-refractivity contribution in [1.29, 1.82) is 0 Å². The number of carbonyl (C=O) groups excluding carboxylic acids is 1. The summed E-state index contributed by atoms with van der Waals surface area (Å²) in [6, 6.07) is 4.37. The molecule has 0 radical (unpaired) electrons. The van der Waals surface area contributed by atoms with Crippen LogP contribution in [0.15, 0.2) is 23.1 Å². The van der Waals surface area contributed by atoms with Gasteiger partial charge in [0.05, 0.1) is 5.02 Å². The van der Waals surface area contributed by atoms with Crippen LogP contribution in [0.2, 0.25) is 10.0 Å². The standard InChI is InChI=1S/C15H21Cl2N3O3S.ClH/c1-18-6-2-3-15(21)19-7-9-20(10-8-19)24(22,23)14-11-12(16)4-5-13(14)17;/h4-5,11,18H,2-3,6-10H2,1H3;1H. The van der Waals surface area contributed by atoms with E-state index in [0.29, 0.717) is 24.5 Å². The maximum atomic E-state index is 12.7. The van der Waals surface area contributed by atoms with Gasteiger partial charge in [0, 0.05) is 37.6 Å². The summed E-state index contributed by atoms with van der Waals surface area (Å²) in [5.41, 5.74) is 0. The molecule has 0 aromatic heterocycles. The van der Waals surface area contributed by atoms with Crippen LogP contribution in [0.25, 0.3) is 0 Å². The molecular formula is C15H22Cl3N3O3S. The molecule has 1 amide bonds. The van der Waals surface area contributed by atoms with Gasteiger partial charge in [0.2, 0.25) is 15.9 Å². The Hall–Kier alpha value is -0.570. The highest BCUT2D eigenvalue weighted by Gasteiger charge is 2.31. The zero-order valence-corrected chi connectivity index (χ0v) is 17.0. The van der Waals surface area contributed by atoms with Gasteiger partial charge in [-0.2, -0.15) is 4.31 Å². The first-order valence-corrected chi connectivity index (χ1v) is 9.93. The van der Waals surface area contributed by atoms with Crippen molar-refractivity contribution in [3.63, 3.8) is 0 Å². The fourth-order valence-electron chi connectivity index (χ4n) is 2.57. The molecule has 1 aromatic carbocycles. The van der Waals surface area contributed by atoms with Crippen LogP contribution >= 0.6 is 35.6 Å². The van der Waals surface area contributed by atoms with Crippen molar-refractivity contribution in [2.45, 2.75) is 17.7 Å². The molecule has 1 saturated heterocycles. The molecule has 0 bridgehead atoms. The summed E-state index contributed by atoms with van der Waals surface area (Å²) >= 11 is 11.9. The molecule has 1 aliphatic heterocycles. The first-order chi connectivity index (χ1) is 11.4. The third-order valence-corrected chi connectivity index (χ3v) is 6.54. The third kappa shape index (κ3) is 5.70. The SMILES string of the molecule is CNCCCC(=O)N1CCN(S(=O)(=O)c2cc(Cl)ccc2Cl)CC1.Cl. The molecule has 6 nitrogen and oxygen atoms in total. The van der Waals surface area contributed by atoms with Gasteiger partial charge in [-0.15, -0.1) is 12.4 Å². The van der Waals surface area contributed by atoms with Gasteiger partial charge in [0.15, 0.2) is 0 Å². The fraction of sp³-hybridized carbons (Fsp3) is 0.533. The van der Waals surface area contributed by atoms with Crippen LogP contribution in [-0.2, 0) is 14.8 Å². The average Bonchev–Trinajstić information content (AvgIpc) is 2.57. The molecule has 0 saturated carbocycles. The summed E-state index contributed by atoms with van der Waals surface area (Å²) in [6.07, 6.45) is 1.24. The minimum atomic E-state index is -3.72. The number of hydrogen-bond acceptors (Lipinski definition) is 4. The Morgan fingerprint density at radius 2 is 1.84 bits per heavy atom. The Kier molecular flexibility index (Phi) is 8.94. The zero-order valence-electron chi connectivity index (χ0n) is 13.9. The third-order valence-electron chi connectivity index (χ3n) is 3.92. The van der Waals surface area contributed by atoms with Gasteiger partial charge in [0.25, 0.3) is 0 Å². The van der Waals surface area contributed by atoms with Gasteiger partial charge in [-0.3, -0.25) is 4.79 Å². The largest absolute Gasteiger partial charge is 0.340 e. The number of benzene rings is 1. The maximum Gasteiger partial charge on any atom is 0.244 e. The minimum Gasteiger partial charge on any atom is -0.340 e. The molecular weight excluding hydrogens is 409 g/mol. The smallest absolute Gasteiger partial charge is 0.244 e. The monoisotopic (exact) mass is 429 g/mol. The van der Waals surface area contributed by atoms with Crippen molar-refractivity contribution in [2.24, 2.45) is 0 Å². The molecule has 142 valence electrons. The lowest BCUT2D eigenvalue weighted by Gasteiger charge is -2.34. The lowest BCUT2D eigenvalue weighted by molar-refractivity contribution is -0.132. The molecule has 1 heterocycles. The predicted molar refractivity (Wildman–Crippen MR) is 102 cm³/mol. The van der Waals surface area contributed by atoms with Crippen LogP contribution in [-0.4, -0.2) is 63.3 Å². The number of nitrogens with one attached hydrogen (secondary N) is 1. The average molecular weight is 431 g/mol. The predicted octanol–water partition coefficient (Wildman–Crippen LogP) is 2.25. The first-order valence-electron chi connectivity index (χ1n) is 7.74. The Balaban J connectivity index is 0.00000312. The van der Waals surface area contributed by atoms with Crippen molar-refractivity contribution in [3.05, 3.63) is 28.2 Å². The van der Waals surface area contributed by atoms with Crippen LogP contribution in [0.5, 0.6) is 0 Å². The van der Waals surface area contributed by atoms with Gasteiger partial charge < -0.3 is 10.2 Å². The highest BCUT2D eigenvalue weighted by Crippen LogP contribution is 2.28. The van der Waals surface area contributed by atoms with Crippen molar-refractivity contribution in [2.75, 3.05) is 39.8 Å². The Morgan fingerprint density at radius 3 is 2.44 bits per heavy atom. The Bertz CT molecular complexity index is 693. The topological polar surface area (TPSA) is 69.7 Å². The van der Waals surface area contributed by atoms with E-state index in [9.17, 15) is 13.2 Å². The molecule has 25 heavy (non-hydrogen) atoms. The summed E-state index contributed by atoms with van der Waals surface area (Å²) in [5.74, 6) is 0.0584. The van der Waals surface area contributed by atoms with E-state index in [2.05, 4.69) is 5.32 Å². The van der Waals surface area contributed by atoms with Gasteiger partial charge in [-0.05, 0) is 38.2 Å². The number of nitrogens with zero attached hydrogens (tertiary/aromatic N) is 2. The van der Waals surface area contributed by atoms with Crippen LogP contribution in [0.1, 0.15) is 12.8 Å². The number of amides is 1. The maximum absolute atomic E-state index is 12.7. The quantitative estimate of drug-likeness (QED) is 0.703. The van der Waals surface area contributed by atoms with Crippen LogP contribution < -0.4 is 5.32 Å². The van der Waals surface area contributed by atoms with E-state index < -0.39 is 10.0 Å². The van der Waals surface area contributed by atoms with Gasteiger partial charge in [-0.1, -0.05) is 23.2 Å². The summed E-state index contributed by atoms with van der Waals surface area (Å²) < 4.78 is 26.8. The molecule has 1 N–H and O–H groups in total. The van der Waals surface area contributed by atoms with E-state index in [1.54, 1.807) is 11.0 Å². The highest BCUT2D eigenvalue weighted by atomic mass is 35.5. The van der Waals surface area contributed by atoms with E-state index in [0.717, 1.165) is 13.0 Å². The number of piperazine rings is 1. The van der Waals surface area contributed by atoms with E-state index in [4.69, 9.17) is 23.2 Å². The number of rotatable bonds is 6. The summed E-state index contributed by atoms with van der Waals surface area (Å²) in [6.45, 7) is 2.06. The van der Waals surface area contributed by atoms with Crippen molar-refractivity contribution in [1.82, 2.24) is 14.5 Å². The molecule has 0 unspecified atom stereocenters. The molecule has 1 aromatic rings. The van der Waals surface area contributed by atoms with E-state index >= 15 is 0 Å². The second-order valence-electron chi connectivity index (χ2n) is 5.57. The summed E-state index contributed by atoms with van der Waals surface area (Å²) in [5, 5.41) is 3.46. The van der Waals surface area contributed by atoms with E-state index in [1.165, 1.54) is 16.4 Å². The lowest BCUT2D eigenvalue weighted by Crippen LogP contribution is -2.50. The summed E-state index contributed by atoms with van der Waals surface area (Å²) in [4.78, 5) is 13.8. The second kappa shape index (κ2) is 9.94. The van der Waals surface area contributed by atoms with E-state index in [-0.39, 0.29) is 41.3 Å². The molecule has 0 aliphatic carbocycles. The second-order valence-corrected chi connectivity index (χ2v) is 8.32. The van der Waals surface area contributed by atoms with Gasteiger partial charge in [0.1, 0.15) is 4.90 Å². The molecule has 2 rings (SSSR count). The molecule has 1 fully saturated rings. The van der Waals surface area contributed by atoms with Crippen LogP contribution in [0.4, 0.5) is 0 Å². The van der Waals surface area contributed by atoms with Gasteiger partial charge >= 0.3 is 0 Å². The van der Waals surface area contributed by atoms with Crippen LogP contribution in [0.3, 0.4) is 0 Å². The molecule has 10 heteroatoms. The first kappa shape index (κ1) is 22.5. The van der Waals surface area contributed by atoms with Crippen LogP contribution in [0, 0.1) is 0 Å². The number of halogens is 3. The van der Waals surface area contributed by atoms with Gasteiger partial charge in [-0.25, -0.2) is 8.42 Å². The van der Waals surface area contributed by atoms with Crippen molar-refractivity contribution >= 4 is 51.5 Å². The minimum absolute atomic E-state index is 0. The number of carbonyl (C=O) groups is 1. The Labute approximate surface area is 164 Å². The van der Waals surface area contributed by atoms with Crippen molar-refractivity contribution < 1.29 is 13.2 Å². The zero-order chi connectivity index (χ0) is 17.7. The van der Waals surface area contributed by atoms with E-state index in [1.807, 2.05) is 7.05 Å². The molecule has 0 atom stereocenters. The fourth-order valence-corrected chi connectivity index (χ4v) is 4.73. The Morgan fingerprint density at radius 1 is 1.20 bits per heavy atom. The van der Waals surface area contributed by atoms with Crippen molar-refractivity contribution in [3.8, 4) is 0 Å². The molecule has 1 aliphatic rings. The number of hydrogen-bond donors (Lipinski definition) is 1. The normalized spacial score (nSPS) is 15.7. The highest BCUT2D eigenvalue weighted by molar-refractivity contribution is 7.89. The molecule has 0 spiro atoms. The lowest BCUT2D eigenvalue weighted by atomic mass is 10.2. The summed E-state index contributed by atoms with van der Waals surface area (Å²) in [7, 11) is -1.87.